The van der Waals surface area contributed by atoms with Crippen molar-refractivity contribution in [2.45, 2.75) is 70.3 Å². The third-order valence-corrected chi connectivity index (χ3v) is 6.15. The van der Waals surface area contributed by atoms with Gasteiger partial charge in [0.25, 0.3) is 0 Å². The van der Waals surface area contributed by atoms with Gasteiger partial charge in [0.1, 0.15) is 29.0 Å². The van der Waals surface area contributed by atoms with Gasteiger partial charge >= 0.3 is 6.11 Å². The molecule has 1 aliphatic carbocycles. The fourth-order valence-corrected chi connectivity index (χ4v) is 4.34. The van der Waals surface area contributed by atoms with Gasteiger partial charge in [-0.3, -0.25) is 0 Å². The highest BCUT2D eigenvalue weighted by atomic mass is 19.3. The second kappa shape index (κ2) is 10.2. The average molecular weight is 433 g/mol. The van der Waals surface area contributed by atoms with Gasteiger partial charge in [0.05, 0.1) is 5.56 Å². The summed E-state index contributed by atoms with van der Waals surface area (Å²) in [5, 5.41) is 8.68. The van der Waals surface area contributed by atoms with Gasteiger partial charge in [-0.25, -0.2) is 8.78 Å². The topological polar surface area (TPSA) is 33.0 Å². The highest BCUT2D eigenvalue weighted by molar-refractivity contribution is 5.38. The number of nitrogens with zero attached hydrogens (tertiary/aromatic N) is 1. The highest BCUT2D eigenvalue weighted by Gasteiger charge is 2.35. The van der Waals surface area contributed by atoms with Crippen molar-refractivity contribution in [2.24, 2.45) is 5.92 Å². The predicted octanol–water partition coefficient (Wildman–Crippen LogP) is 7.82. The van der Waals surface area contributed by atoms with Crippen molar-refractivity contribution >= 4 is 0 Å². The largest absolute Gasteiger partial charge is 0.429 e. The molecule has 0 spiro atoms. The summed E-state index contributed by atoms with van der Waals surface area (Å²) in [5.41, 5.74) is -0.197. The maximum atomic E-state index is 14.5. The van der Waals surface area contributed by atoms with Crippen LogP contribution in [0.2, 0.25) is 0 Å². The summed E-state index contributed by atoms with van der Waals surface area (Å²) in [7, 11) is 0. The quantitative estimate of drug-likeness (QED) is 0.314. The molecule has 0 atom stereocenters. The predicted molar refractivity (Wildman–Crippen MR) is 111 cm³/mol. The first-order chi connectivity index (χ1) is 14.8. The molecule has 0 radical (unpaired) electrons. The lowest BCUT2D eigenvalue weighted by molar-refractivity contribution is -0.185. The van der Waals surface area contributed by atoms with Gasteiger partial charge in [0, 0.05) is 12.1 Å². The third-order valence-electron chi connectivity index (χ3n) is 6.15. The van der Waals surface area contributed by atoms with Crippen molar-refractivity contribution in [3.8, 4) is 11.8 Å². The maximum absolute atomic E-state index is 14.5. The van der Waals surface area contributed by atoms with Crippen LogP contribution in [0, 0.1) is 28.9 Å². The summed E-state index contributed by atoms with van der Waals surface area (Å²) in [6, 6.07) is 8.50. The number of unbranched alkanes of at least 4 members (excludes halogenated alkanes) is 2. The third kappa shape index (κ3) is 5.78. The second-order valence-electron chi connectivity index (χ2n) is 8.33. The molecule has 0 saturated heterocycles. The Labute approximate surface area is 180 Å². The van der Waals surface area contributed by atoms with E-state index in [2.05, 4.69) is 11.7 Å². The maximum Gasteiger partial charge on any atom is 0.426 e. The van der Waals surface area contributed by atoms with Crippen LogP contribution >= 0.6 is 0 Å². The zero-order chi connectivity index (χ0) is 22.4. The van der Waals surface area contributed by atoms with Crippen LogP contribution in [0.1, 0.15) is 80.9 Å². The Bertz CT molecular complexity index is 889. The Morgan fingerprint density at radius 3 is 2.16 bits per heavy atom. The van der Waals surface area contributed by atoms with Crippen molar-refractivity contribution in [3.63, 3.8) is 0 Å². The smallest absolute Gasteiger partial charge is 0.426 e. The van der Waals surface area contributed by atoms with Gasteiger partial charge in [-0.15, -0.1) is 0 Å². The summed E-state index contributed by atoms with van der Waals surface area (Å²) in [6.45, 7) is 2.20. The molecule has 1 saturated carbocycles. The van der Waals surface area contributed by atoms with Gasteiger partial charge < -0.3 is 4.74 Å². The van der Waals surface area contributed by atoms with Crippen LogP contribution in [0.15, 0.2) is 36.4 Å². The van der Waals surface area contributed by atoms with Crippen molar-refractivity contribution in [2.75, 3.05) is 0 Å². The van der Waals surface area contributed by atoms with Gasteiger partial charge in [0.2, 0.25) is 0 Å². The fourth-order valence-electron chi connectivity index (χ4n) is 4.34. The zero-order valence-corrected chi connectivity index (χ0v) is 17.6. The Morgan fingerprint density at radius 2 is 1.61 bits per heavy atom. The number of benzene rings is 2. The molecule has 2 aromatic rings. The lowest BCUT2D eigenvalue weighted by Crippen LogP contribution is -2.22. The Balaban J connectivity index is 1.62. The SMILES string of the molecule is CCCCCC1CCC(c2ccc(C(F)(F)Oc3cc(F)c(C#N)c(F)c3)cc2)CC1. The van der Waals surface area contributed by atoms with E-state index in [9.17, 15) is 17.6 Å². The Morgan fingerprint density at radius 1 is 1.00 bits per heavy atom. The van der Waals surface area contributed by atoms with Crippen molar-refractivity contribution in [3.05, 3.63) is 64.7 Å². The van der Waals surface area contributed by atoms with Crippen molar-refractivity contribution in [1.82, 2.24) is 0 Å². The minimum atomic E-state index is -3.76. The zero-order valence-electron chi connectivity index (χ0n) is 17.6. The molecule has 0 bridgehead atoms. The summed E-state index contributed by atoms with van der Waals surface area (Å²) in [4.78, 5) is 0. The molecular weight excluding hydrogens is 406 g/mol. The van der Waals surface area contributed by atoms with Crippen molar-refractivity contribution in [1.29, 1.82) is 5.26 Å². The molecule has 1 fully saturated rings. The molecule has 6 heteroatoms. The number of ether oxygens (including phenoxy) is 1. The number of nitriles is 1. The lowest BCUT2D eigenvalue weighted by atomic mass is 9.77. The number of rotatable bonds is 8. The molecule has 2 nitrogen and oxygen atoms in total. The first-order valence-corrected chi connectivity index (χ1v) is 10.9. The summed E-state index contributed by atoms with van der Waals surface area (Å²) < 4.78 is 61.0. The van der Waals surface area contributed by atoms with Crippen LogP contribution in [0.3, 0.4) is 0 Å². The van der Waals surface area contributed by atoms with E-state index in [1.165, 1.54) is 56.7 Å². The summed E-state index contributed by atoms with van der Waals surface area (Å²) >= 11 is 0. The first-order valence-electron chi connectivity index (χ1n) is 10.9. The van der Waals surface area contributed by atoms with Crippen molar-refractivity contribution < 1.29 is 22.3 Å². The van der Waals surface area contributed by atoms with Crippen LogP contribution < -0.4 is 4.74 Å². The monoisotopic (exact) mass is 433 g/mol. The number of hydrogen-bond donors (Lipinski definition) is 0. The standard InChI is InChI=1S/C25H27F4NO/c1-2-3-4-5-17-6-8-18(9-7-17)19-10-12-20(13-11-19)25(28,29)31-21-14-23(26)22(16-30)24(27)15-21/h10-15,17-18H,2-9H2,1H3. The molecule has 0 aliphatic heterocycles. The summed E-state index contributed by atoms with van der Waals surface area (Å²) in [5.74, 6) is -2.02. The van der Waals surface area contributed by atoms with E-state index >= 15 is 0 Å². The minimum absolute atomic E-state index is 0.368. The van der Waals surface area contributed by atoms with Gasteiger partial charge in [-0.1, -0.05) is 44.7 Å². The summed E-state index contributed by atoms with van der Waals surface area (Å²) in [6.07, 6.45) is 5.77. The molecule has 0 N–H and O–H groups in total. The average Bonchev–Trinajstić information content (AvgIpc) is 2.74. The number of hydrogen-bond acceptors (Lipinski definition) is 2. The van der Waals surface area contributed by atoms with E-state index in [4.69, 9.17) is 5.26 Å². The first kappa shape index (κ1) is 23.1. The molecule has 0 heterocycles. The van der Waals surface area contributed by atoms with E-state index in [-0.39, 0.29) is 0 Å². The molecular formula is C25H27F4NO. The van der Waals surface area contributed by atoms with Crippen LogP contribution in [-0.2, 0) is 6.11 Å². The molecule has 31 heavy (non-hydrogen) atoms. The molecule has 3 rings (SSSR count). The minimum Gasteiger partial charge on any atom is -0.429 e. The van der Waals surface area contributed by atoms with Gasteiger partial charge in [0.15, 0.2) is 0 Å². The van der Waals surface area contributed by atoms with E-state index in [0.29, 0.717) is 18.1 Å². The second-order valence-corrected chi connectivity index (χ2v) is 8.33. The Hall–Kier alpha value is -2.55. The van der Waals surface area contributed by atoms with E-state index in [0.717, 1.165) is 24.3 Å². The molecule has 0 amide bonds. The van der Waals surface area contributed by atoms with E-state index < -0.39 is 34.6 Å². The fraction of sp³-hybridized carbons (Fsp3) is 0.480. The van der Waals surface area contributed by atoms with Crippen LogP contribution in [0.5, 0.6) is 5.75 Å². The van der Waals surface area contributed by atoms with Gasteiger partial charge in [-0.05, 0) is 55.2 Å². The molecule has 0 aromatic heterocycles. The molecule has 2 aromatic carbocycles. The molecule has 0 unspecified atom stereocenters. The normalized spacial score (nSPS) is 19.1. The van der Waals surface area contributed by atoms with E-state index in [1.54, 1.807) is 12.1 Å². The number of halogens is 4. The van der Waals surface area contributed by atoms with Gasteiger partial charge in [-0.2, -0.15) is 14.0 Å². The number of alkyl halides is 2. The lowest BCUT2D eigenvalue weighted by Gasteiger charge is -2.29. The highest BCUT2D eigenvalue weighted by Crippen LogP contribution is 2.39. The molecule has 166 valence electrons. The van der Waals surface area contributed by atoms with E-state index in [1.807, 2.05) is 0 Å². The molecule has 1 aliphatic rings. The van der Waals surface area contributed by atoms with Crippen LogP contribution in [0.4, 0.5) is 17.6 Å². The van der Waals surface area contributed by atoms with Crippen LogP contribution in [0.25, 0.3) is 0 Å². The van der Waals surface area contributed by atoms with Crippen LogP contribution in [-0.4, -0.2) is 0 Å². The Kier molecular flexibility index (Phi) is 7.59.